The van der Waals surface area contributed by atoms with Gasteiger partial charge in [-0.1, -0.05) is 18.6 Å². The largest absolute Gasteiger partial charge is 0.473 e. The standard InChI is InChI=1S/C19H28ClN3O2/c20-9-7-17(19(21)24)6-2-5-13-25-18-14-16(8-10-22-18)15-23-11-3-1-4-12-23/h2,5,8,10,14,17H,1,3-4,6-7,9,11-13,15H2,(H2,21,24). The van der Waals surface area contributed by atoms with Crippen molar-refractivity contribution >= 4 is 17.5 Å². The highest BCUT2D eigenvalue weighted by Crippen LogP contribution is 2.16. The molecule has 2 N–H and O–H groups in total. The van der Waals surface area contributed by atoms with Crippen molar-refractivity contribution in [2.75, 3.05) is 25.6 Å². The van der Waals surface area contributed by atoms with E-state index < -0.39 is 0 Å². The Hall–Kier alpha value is -1.59. The number of nitrogens with zero attached hydrogens (tertiary/aromatic N) is 2. The summed E-state index contributed by atoms with van der Waals surface area (Å²) in [7, 11) is 0. The molecular weight excluding hydrogens is 338 g/mol. The number of piperidine rings is 1. The van der Waals surface area contributed by atoms with Gasteiger partial charge in [-0.15, -0.1) is 11.6 Å². The van der Waals surface area contributed by atoms with E-state index in [2.05, 4.69) is 9.88 Å². The molecule has 1 aliphatic heterocycles. The van der Waals surface area contributed by atoms with Gasteiger partial charge in [0.25, 0.3) is 0 Å². The van der Waals surface area contributed by atoms with Crippen LogP contribution in [-0.4, -0.2) is 41.4 Å². The number of pyridine rings is 1. The molecule has 5 nitrogen and oxygen atoms in total. The highest BCUT2D eigenvalue weighted by molar-refractivity contribution is 6.18. The minimum atomic E-state index is -0.307. The van der Waals surface area contributed by atoms with Crippen molar-refractivity contribution in [2.45, 2.75) is 38.6 Å². The van der Waals surface area contributed by atoms with Crippen molar-refractivity contribution in [1.29, 1.82) is 0 Å². The van der Waals surface area contributed by atoms with Crippen LogP contribution in [0.1, 0.15) is 37.7 Å². The van der Waals surface area contributed by atoms with Crippen LogP contribution >= 0.6 is 11.6 Å². The number of aromatic nitrogens is 1. The second-order valence-corrected chi connectivity index (χ2v) is 6.81. The lowest BCUT2D eigenvalue weighted by molar-refractivity contribution is -0.121. The molecule has 0 aromatic carbocycles. The van der Waals surface area contributed by atoms with Gasteiger partial charge in [-0.25, -0.2) is 4.98 Å². The third-order valence-electron chi connectivity index (χ3n) is 4.43. The minimum absolute atomic E-state index is 0.209. The first kappa shape index (κ1) is 19.7. The number of carbonyl (C=O) groups is 1. The molecule has 2 heterocycles. The summed E-state index contributed by atoms with van der Waals surface area (Å²) in [5.41, 5.74) is 6.57. The van der Waals surface area contributed by atoms with Gasteiger partial charge in [0.2, 0.25) is 11.8 Å². The normalized spacial score (nSPS) is 16.8. The van der Waals surface area contributed by atoms with Gasteiger partial charge in [0.1, 0.15) is 6.61 Å². The number of amides is 1. The molecule has 138 valence electrons. The lowest BCUT2D eigenvalue weighted by Crippen LogP contribution is -2.29. The van der Waals surface area contributed by atoms with Crippen molar-refractivity contribution in [3.8, 4) is 5.88 Å². The number of carbonyl (C=O) groups excluding carboxylic acids is 1. The van der Waals surface area contributed by atoms with Gasteiger partial charge in [-0.2, -0.15) is 0 Å². The fourth-order valence-corrected chi connectivity index (χ4v) is 3.24. The molecule has 1 atom stereocenters. The first-order chi connectivity index (χ1) is 12.2. The Morgan fingerprint density at radius 3 is 2.88 bits per heavy atom. The molecule has 1 unspecified atom stereocenters. The summed E-state index contributed by atoms with van der Waals surface area (Å²) in [6.07, 6.45) is 10.7. The molecule has 0 saturated carbocycles. The number of hydrogen-bond donors (Lipinski definition) is 1. The lowest BCUT2D eigenvalue weighted by atomic mass is 10.0. The Bertz CT molecular complexity index is 559. The number of rotatable bonds is 10. The molecule has 1 amide bonds. The molecule has 1 saturated heterocycles. The van der Waals surface area contributed by atoms with Crippen LogP contribution in [0, 0.1) is 5.92 Å². The number of alkyl halides is 1. The monoisotopic (exact) mass is 365 g/mol. The van der Waals surface area contributed by atoms with Crippen LogP contribution in [0.3, 0.4) is 0 Å². The molecule has 0 radical (unpaired) electrons. The van der Waals surface area contributed by atoms with Crippen LogP contribution in [0.15, 0.2) is 30.5 Å². The van der Waals surface area contributed by atoms with Gasteiger partial charge in [0.15, 0.2) is 0 Å². The van der Waals surface area contributed by atoms with E-state index in [0.717, 1.165) is 6.54 Å². The molecule has 0 bridgehead atoms. The van der Waals surface area contributed by atoms with Crippen molar-refractivity contribution in [3.05, 3.63) is 36.0 Å². The minimum Gasteiger partial charge on any atom is -0.473 e. The Labute approximate surface area is 155 Å². The third kappa shape index (κ3) is 7.45. The van der Waals surface area contributed by atoms with Crippen LogP contribution in [-0.2, 0) is 11.3 Å². The van der Waals surface area contributed by atoms with E-state index in [1.165, 1.54) is 37.9 Å². The molecule has 1 aliphatic rings. The predicted octanol–water partition coefficient (Wildman–Crippen LogP) is 3.12. The number of hydrogen-bond acceptors (Lipinski definition) is 4. The fourth-order valence-electron chi connectivity index (χ4n) is 2.97. The summed E-state index contributed by atoms with van der Waals surface area (Å²) in [5.74, 6) is 0.551. The summed E-state index contributed by atoms with van der Waals surface area (Å²) in [6.45, 7) is 3.72. The predicted molar refractivity (Wildman–Crippen MR) is 101 cm³/mol. The number of allylic oxidation sites excluding steroid dienone is 1. The van der Waals surface area contributed by atoms with Crippen molar-refractivity contribution in [2.24, 2.45) is 11.7 Å². The van der Waals surface area contributed by atoms with Crippen molar-refractivity contribution in [1.82, 2.24) is 9.88 Å². The molecule has 2 rings (SSSR count). The fraction of sp³-hybridized carbons (Fsp3) is 0.579. The smallest absolute Gasteiger partial charge is 0.220 e. The summed E-state index contributed by atoms with van der Waals surface area (Å²) < 4.78 is 5.68. The summed E-state index contributed by atoms with van der Waals surface area (Å²) in [6, 6.07) is 4.04. The van der Waals surface area contributed by atoms with Gasteiger partial charge in [0, 0.05) is 30.6 Å². The zero-order chi connectivity index (χ0) is 17.9. The van der Waals surface area contributed by atoms with E-state index in [4.69, 9.17) is 22.1 Å². The van der Waals surface area contributed by atoms with E-state index in [9.17, 15) is 4.79 Å². The van der Waals surface area contributed by atoms with E-state index in [1.54, 1.807) is 6.20 Å². The quantitative estimate of drug-likeness (QED) is 0.511. The Morgan fingerprint density at radius 2 is 2.16 bits per heavy atom. The van der Waals surface area contributed by atoms with E-state index in [0.29, 0.717) is 31.2 Å². The number of halogens is 1. The summed E-state index contributed by atoms with van der Waals surface area (Å²) >= 11 is 5.68. The van der Waals surface area contributed by atoms with Crippen LogP contribution in [0.25, 0.3) is 0 Å². The molecule has 0 aliphatic carbocycles. The molecule has 1 aromatic rings. The van der Waals surface area contributed by atoms with Gasteiger partial charge < -0.3 is 10.5 Å². The molecule has 25 heavy (non-hydrogen) atoms. The average Bonchev–Trinajstić information content (AvgIpc) is 2.61. The molecule has 1 aromatic heterocycles. The Morgan fingerprint density at radius 1 is 1.36 bits per heavy atom. The Kier molecular flexibility index (Phi) is 8.77. The van der Waals surface area contributed by atoms with Gasteiger partial charge >= 0.3 is 0 Å². The maximum Gasteiger partial charge on any atom is 0.220 e. The van der Waals surface area contributed by atoms with Crippen molar-refractivity contribution in [3.63, 3.8) is 0 Å². The van der Waals surface area contributed by atoms with Crippen LogP contribution in [0.2, 0.25) is 0 Å². The van der Waals surface area contributed by atoms with E-state index in [1.807, 2.05) is 24.3 Å². The van der Waals surface area contributed by atoms with E-state index >= 15 is 0 Å². The van der Waals surface area contributed by atoms with Gasteiger partial charge in [0.05, 0.1) is 0 Å². The lowest BCUT2D eigenvalue weighted by Gasteiger charge is -2.26. The zero-order valence-electron chi connectivity index (χ0n) is 14.7. The van der Waals surface area contributed by atoms with Gasteiger partial charge in [-0.3, -0.25) is 9.69 Å². The third-order valence-corrected chi connectivity index (χ3v) is 4.65. The molecule has 0 spiro atoms. The first-order valence-electron chi connectivity index (χ1n) is 8.99. The highest BCUT2D eigenvalue weighted by Gasteiger charge is 2.12. The SMILES string of the molecule is NC(=O)C(CC=CCOc1cc(CN2CCCCC2)ccn1)CCCl. The van der Waals surface area contributed by atoms with Crippen molar-refractivity contribution < 1.29 is 9.53 Å². The number of primary amides is 1. The molecule has 1 fully saturated rings. The number of nitrogens with two attached hydrogens (primary N) is 1. The Balaban J connectivity index is 1.75. The molecular formula is C19H28ClN3O2. The zero-order valence-corrected chi connectivity index (χ0v) is 15.5. The first-order valence-corrected chi connectivity index (χ1v) is 9.53. The van der Waals surface area contributed by atoms with Crippen LogP contribution < -0.4 is 10.5 Å². The van der Waals surface area contributed by atoms with E-state index in [-0.39, 0.29) is 11.8 Å². The maximum absolute atomic E-state index is 11.3. The average molecular weight is 366 g/mol. The van der Waals surface area contributed by atoms with Crippen LogP contribution in [0.4, 0.5) is 0 Å². The molecule has 6 heteroatoms. The highest BCUT2D eigenvalue weighted by atomic mass is 35.5. The maximum atomic E-state index is 11.3. The summed E-state index contributed by atoms with van der Waals surface area (Å²) in [4.78, 5) is 18.0. The summed E-state index contributed by atoms with van der Waals surface area (Å²) in [5, 5.41) is 0. The second-order valence-electron chi connectivity index (χ2n) is 6.43. The topological polar surface area (TPSA) is 68.5 Å². The number of likely N-dealkylation sites (tertiary alicyclic amines) is 1. The second kappa shape index (κ2) is 11.1. The van der Waals surface area contributed by atoms with Gasteiger partial charge in [-0.05, 0) is 50.4 Å². The number of ether oxygens (including phenoxy) is 1. The van der Waals surface area contributed by atoms with Crippen LogP contribution in [0.5, 0.6) is 5.88 Å².